The monoisotopic (exact) mass is 286 g/mol. The van der Waals surface area contributed by atoms with Gasteiger partial charge in [0, 0.05) is 18.1 Å². The zero-order valence-corrected chi connectivity index (χ0v) is 12.2. The van der Waals surface area contributed by atoms with Gasteiger partial charge in [0.1, 0.15) is 6.54 Å². The Morgan fingerprint density at radius 1 is 1.19 bits per heavy atom. The van der Waals surface area contributed by atoms with E-state index < -0.39 is 5.97 Å². The number of benzene rings is 1. The molecule has 1 aromatic heterocycles. The number of hydrogen-bond acceptors (Lipinski definition) is 4. The van der Waals surface area contributed by atoms with Gasteiger partial charge < -0.3 is 9.64 Å². The molecule has 2 aromatic rings. The normalized spacial score (nSPS) is 10.4. The summed E-state index contributed by atoms with van der Waals surface area (Å²) in [5.74, 6) is -0.588. The minimum atomic E-state index is -0.397. The topological polar surface area (TPSA) is 59.5 Å². The van der Waals surface area contributed by atoms with E-state index in [9.17, 15) is 9.59 Å². The number of fused-ring (bicyclic) bond motifs is 1. The van der Waals surface area contributed by atoms with Crippen molar-refractivity contribution in [3.63, 3.8) is 0 Å². The number of nitrogens with zero attached hydrogens (tertiary/aromatic N) is 2. The molecule has 0 aliphatic heterocycles. The fourth-order valence-corrected chi connectivity index (χ4v) is 2.14. The molecule has 2 rings (SSSR count). The number of para-hydroxylation sites is 1. The van der Waals surface area contributed by atoms with Crippen LogP contribution in [0.15, 0.2) is 36.5 Å². The van der Waals surface area contributed by atoms with Crippen molar-refractivity contribution in [2.75, 3.05) is 19.7 Å². The van der Waals surface area contributed by atoms with Crippen molar-refractivity contribution in [1.82, 2.24) is 9.88 Å². The summed E-state index contributed by atoms with van der Waals surface area (Å²) in [6.07, 6.45) is 1.60. The predicted octanol–water partition coefficient (Wildman–Crippen LogP) is 2.26. The minimum Gasteiger partial charge on any atom is -0.465 e. The number of rotatable bonds is 5. The van der Waals surface area contributed by atoms with E-state index in [2.05, 4.69) is 4.98 Å². The van der Waals surface area contributed by atoms with Crippen molar-refractivity contribution in [2.45, 2.75) is 13.8 Å². The number of amides is 1. The van der Waals surface area contributed by atoms with Crippen molar-refractivity contribution in [3.8, 4) is 0 Å². The number of esters is 1. The Bertz CT molecular complexity index is 650. The maximum atomic E-state index is 12.6. The van der Waals surface area contributed by atoms with Gasteiger partial charge in [-0.05, 0) is 26.0 Å². The molecule has 0 N–H and O–H groups in total. The van der Waals surface area contributed by atoms with E-state index in [0.717, 1.165) is 10.9 Å². The third kappa shape index (κ3) is 3.37. The fraction of sp³-hybridized carbons (Fsp3) is 0.312. The van der Waals surface area contributed by atoms with Crippen LogP contribution in [0.5, 0.6) is 0 Å². The molecule has 0 saturated carbocycles. The first-order valence-electron chi connectivity index (χ1n) is 6.96. The molecule has 0 unspecified atom stereocenters. The number of ether oxygens (including phenoxy) is 1. The largest absolute Gasteiger partial charge is 0.465 e. The predicted molar refractivity (Wildman–Crippen MR) is 80.0 cm³/mol. The fourth-order valence-electron chi connectivity index (χ4n) is 2.14. The smallest absolute Gasteiger partial charge is 0.325 e. The molecule has 0 atom stereocenters. The lowest BCUT2D eigenvalue weighted by atomic mass is 10.1. The van der Waals surface area contributed by atoms with Crippen molar-refractivity contribution in [3.05, 3.63) is 42.1 Å². The first kappa shape index (κ1) is 15.0. The molecule has 110 valence electrons. The van der Waals surface area contributed by atoms with Crippen molar-refractivity contribution >= 4 is 22.8 Å². The first-order chi connectivity index (χ1) is 10.2. The lowest BCUT2D eigenvalue weighted by Gasteiger charge is -2.20. The average Bonchev–Trinajstić information content (AvgIpc) is 2.51. The molecule has 0 fully saturated rings. The second-order valence-electron chi connectivity index (χ2n) is 4.50. The standard InChI is InChI=1S/C16H18N2O3/c1-3-18(11-15(19)21-4-2)16(20)13-9-10-17-14-8-6-5-7-12(13)14/h5-10H,3-4,11H2,1-2H3. The van der Waals surface area contributed by atoms with Crippen LogP contribution >= 0.6 is 0 Å². The lowest BCUT2D eigenvalue weighted by molar-refractivity contribution is -0.143. The Hall–Kier alpha value is -2.43. The summed E-state index contributed by atoms with van der Waals surface area (Å²) in [6, 6.07) is 9.13. The van der Waals surface area contributed by atoms with Gasteiger partial charge in [0.15, 0.2) is 0 Å². The average molecular weight is 286 g/mol. The highest BCUT2D eigenvalue weighted by Crippen LogP contribution is 2.18. The number of carbonyl (C=O) groups is 2. The number of hydrogen-bond donors (Lipinski definition) is 0. The molecule has 0 radical (unpaired) electrons. The number of carbonyl (C=O) groups excluding carboxylic acids is 2. The lowest BCUT2D eigenvalue weighted by Crippen LogP contribution is -2.36. The maximum Gasteiger partial charge on any atom is 0.325 e. The molecule has 21 heavy (non-hydrogen) atoms. The third-order valence-corrected chi connectivity index (χ3v) is 3.17. The van der Waals surface area contributed by atoms with E-state index >= 15 is 0 Å². The van der Waals surface area contributed by atoms with Crippen LogP contribution in [0.1, 0.15) is 24.2 Å². The molecule has 0 aliphatic carbocycles. The van der Waals surface area contributed by atoms with Gasteiger partial charge in [-0.15, -0.1) is 0 Å². The highest BCUT2D eigenvalue weighted by atomic mass is 16.5. The van der Waals surface area contributed by atoms with Crippen molar-refractivity contribution < 1.29 is 14.3 Å². The Labute approximate surface area is 123 Å². The summed E-state index contributed by atoms with van der Waals surface area (Å²) in [5.41, 5.74) is 1.31. The number of likely N-dealkylation sites (N-methyl/N-ethyl adjacent to an activating group) is 1. The van der Waals surface area contributed by atoms with Crippen LogP contribution in [-0.4, -0.2) is 41.5 Å². The van der Waals surface area contributed by atoms with Gasteiger partial charge in [0.05, 0.1) is 17.7 Å². The van der Waals surface area contributed by atoms with Crippen LogP contribution in [0.3, 0.4) is 0 Å². The summed E-state index contributed by atoms with van der Waals surface area (Å²) >= 11 is 0. The molecule has 1 aromatic carbocycles. The second kappa shape index (κ2) is 6.83. The van der Waals surface area contributed by atoms with E-state index in [4.69, 9.17) is 4.74 Å². The van der Waals surface area contributed by atoms with E-state index in [1.54, 1.807) is 19.2 Å². The summed E-state index contributed by atoms with van der Waals surface area (Å²) in [5, 5.41) is 0.785. The van der Waals surface area contributed by atoms with Gasteiger partial charge in [-0.2, -0.15) is 0 Å². The molecule has 0 aliphatic rings. The molecule has 0 spiro atoms. The quantitative estimate of drug-likeness (QED) is 0.791. The Balaban J connectivity index is 2.29. The van der Waals surface area contributed by atoms with E-state index in [-0.39, 0.29) is 12.5 Å². The molecule has 5 nitrogen and oxygen atoms in total. The highest BCUT2D eigenvalue weighted by Gasteiger charge is 2.19. The molecular formula is C16H18N2O3. The maximum absolute atomic E-state index is 12.6. The van der Waals surface area contributed by atoms with Crippen LogP contribution in [0.25, 0.3) is 10.9 Å². The first-order valence-corrected chi connectivity index (χ1v) is 6.96. The Morgan fingerprint density at radius 3 is 2.67 bits per heavy atom. The van der Waals surface area contributed by atoms with Crippen molar-refractivity contribution in [2.24, 2.45) is 0 Å². The molecule has 5 heteroatoms. The van der Waals surface area contributed by atoms with Crippen molar-refractivity contribution in [1.29, 1.82) is 0 Å². The third-order valence-electron chi connectivity index (χ3n) is 3.17. The van der Waals surface area contributed by atoms with Crippen LogP contribution in [0.4, 0.5) is 0 Å². The zero-order valence-electron chi connectivity index (χ0n) is 12.2. The van der Waals surface area contributed by atoms with Gasteiger partial charge in [0.25, 0.3) is 5.91 Å². The summed E-state index contributed by atoms with van der Waals surface area (Å²) in [7, 11) is 0. The minimum absolute atomic E-state index is 0.0418. The van der Waals surface area contributed by atoms with E-state index in [0.29, 0.717) is 18.7 Å². The van der Waals surface area contributed by atoms with Gasteiger partial charge in [-0.25, -0.2) is 0 Å². The summed E-state index contributed by atoms with van der Waals surface area (Å²) in [4.78, 5) is 29.9. The van der Waals surface area contributed by atoms with E-state index in [1.807, 2.05) is 31.2 Å². The van der Waals surface area contributed by atoms with E-state index in [1.165, 1.54) is 4.90 Å². The summed E-state index contributed by atoms with van der Waals surface area (Å²) in [6.45, 7) is 4.28. The SMILES string of the molecule is CCOC(=O)CN(CC)C(=O)c1ccnc2ccccc12. The molecule has 1 heterocycles. The van der Waals surface area contributed by atoms with Gasteiger partial charge in [-0.1, -0.05) is 18.2 Å². The van der Waals surface area contributed by atoms with Gasteiger partial charge >= 0.3 is 5.97 Å². The highest BCUT2D eigenvalue weighted by molar-refractivity contribution is 6.06. The van der Waals surface area contributed by atoms with Gasteiger partial charge in [0.2, 0.25) is 0 Å². The molecule has 1 amide bonds. The Kier molecular flexibility index (Phi) is 4.87. The molecule has 0 bridgehead atoms. The molecule has 0 saturated heterocycles. The number of pyridine rings is 1. The van der Waals surface area contributed by atoms with Gasteiger partial charge in [-0.3, -0.25) is 14.6 Å². The van der Waals surface area contributed by atoms with Crippen LogP contribution in [0.2, 0.25) is 0 Å². The second-order valence-corrected chi connectivity index (χ2v) is 4.50. The zero-order chi connectivity index (χ0) is 15.2. The van der Waals surface area contributed by atoms with Crippen LogP contribution < -0.4 is 0 Å². The molecular weight excluding hydrogens is 268 g/mol. The van der Waals surface area contributed by atoms with Crippen LogP contribution in [-0.2, 0) is 9.53 Å². The number of aromatic nitrogens is 1. The Morgan fingerprint density at radius 2 is 1.95 bits per heavy atom. The summed E-state index contributed by atoms with van der Waals surface area (Å²) < 4.78 is 4.90. The van der Waals surface area contributed by atoms with Crippen LogP contribution in [0, 0.1) is 0 Å².